The third-order valence-corrected chi connectivity index (χ3v) is 4.86. The minimum Gasteiger partial charge on any atom is -0.486 e. The van der Waals surface area contributed by atoms with Crippen LogP contribution in [0.25, 0.3) is 0 Å². The minimum absolute atomic E-state index is 0.0349. The van der Waals surface area contributed by atoms with Crippen molar-refractivity contribution in [2.75, 3.05) is 4.90 Å². The molecule has 0 bridgehead atoms. The molecule has 0 radical (unpaired) electrons. The van der Waals surface area contributed by atoms with Crippen LogP contribution in [0.4, 0.5) is 33.5 Å². The molecule has 4 nitrogen and oxygen atoms in total. The second-order valence-electron chi connectivity index (χ2n) is 7.24. The number of nitrogens with one attached hydrogen (secondary N) is 1. The molecule has 33 heavy (non-hydrogen) atoms. The number of aromatic amines is 1. The van der Waals surface area contributed by atoms with Crippen LogP contribution in [0.2, 0.25) is 0 Å². The Labute approximate surface area is 186 Å². The Kier molecular flexibility index (Phi) is 6.30. The number of ether oxygens (including phenoxy) is 1. The molecule has 9 heteroatoms. The van der Waals surface area contributed by atoms with Crippen LogP contribution in [0.5, 0.6) is 5.75 Å². The number of hydrogen-bond acceptors (Lipinski definition) is 3. The zero-order valence-corrected chi connectivity index (χ0v) is 17.1. The fourth-order valence-corrected chi connectivity index (χ4v) is 3.18. The van der Waals surface area contributed by atoms with Crippen molar-refractivity contribution in [3.63, 3.8) is 0 Å². The van der Waals surface area contributed by atoms with Crippen molar-refractivity contribution in [2.24, 2.45) is 0 Å². The Morgan fingerprint density at radius 1 is 0.848 bits per heavy atom. The first-order valence-electron chi connectivity index (χ1n) is 9.90. The van der Waals surface area contributed by atoms with E-state index in [-0.39, 0.29) is 24.7 Å². The summed E-state index contributed by atoms with van der Waals surface area (Å²) in [5.41, 5.74) is 0.768. The van der Waals surface area contributed by atoms with Gasteiger partial charge < -0.3 is 9.64 Å². The molecule has 0 saturated carbocycles. The number of halogens is 5. The summed E-state index contributed by atoms with van der Waals surface area (Å²) in [5, 5.41) is 5.77. The van der Waals surface area contributed by atoms with Gasteiger partial charge in [0.15, 0.2) is 17.4 Å². The van der Waals surface area contributed by atoms with Crippen LogP contribution in [0.15, 0.2) is 78.9 Å². The predicted octanol–water partition coefficient (Wildman–Crippen LogP) is 6.62. The average Bonchev–Trinajstić information content (AvgIpc) is 3.30. The normalized spacial score (nSPS) is 11.4. The molecule has 170 valence electrons. The Morgan fingerprint density at radius 3 is 2.24 bits per heavy atom. The van der Waals surface area contributed by atoms with Gasteiger partial charge in [-0.2, -0.15) is 18.3 Å². The molecule has 0 aliphatic carbocycles. The second-order valence-corrected chi connectivity index (χ2v) is 7.24. The number of anilines is 2. The molecule has 0 aliphatic rings. The van der Waals surface area contributed by atoms with Gasteiger partial charge in [0.2, 0.25) is 0 Å². The highest BCUT2D eigenvalue weighted by atomic mass is 19.4. The van der Waals surface area contributed by atoms with Gasteiger partial charge in [0, 0.05) is 24.4 Å². The number of H-pyrrole nitrogens is 1. The lowest BCUT2D eigenvalue weighted by Gasteiger charge is -2.23. The van der Waals surface area contributed by atoms with E-state index in [0.29, 0.717) is 11.3 Å². The maximum atomic E-state index is 14.4. The van der Waals surface area contributed by atoms with Gasteiger partial charge in [-0.05, 0) is 35.4 Å². The lowest BCUT2D eigenvalue weighted by atomic mass is 10.2. The summed E-state index contributed by atoms with van der Waals surface area (Å²) in [4.78, 5) is 1.45. The van der Waals surface area contributed by atoms with Gasteiger partial charge in [-0.25, -0.2) is 8.78 Å². The Balaban J connectivity index is 1.67. The summed E-state index contributed by atoms with van der Waals surface area (Å²) < 4.78 is 72.7. The van der Waals surface area contributed by atoms with Crippen molar-refractivity contribution in [1.29, 1.82) is 0 Å². The van der Waals surface area contributed by atoms with E-state index in [2.05, 4.69) is 5.10 Å². The van der Waals surface area contributed by atoms with Crippen molar-refractivity contribution in [3.8, 4) is 5.75 Å². The number of aromatic nitrogens is 2. The van der Waals surface area contributed by atoms with Crippen molar-refractivity contribution < 1.29 is 26.7 Å². The molecule has 0 saturated heterocycles. The molecule has 3 aromatic carbocycles. The summed E-state index contributed by atoms with van der Waals surface area (Å²) in [5.74, 6) is -1.16. The van der Waals surface area contributed by atoms with Crippen LogP contribution in [-0.2, 0) is 19.3 Å². The highest BCUT2D eigenvalue weighted by Crippen LogP contribution is 2.35. The third kappa shape index (κ3) is 5.49. The van der Waals surface area contributed by atoms with E-state index in [4.69, 9.17) is 4.74 Å². The van der Waals surface area contributed by atoms with Crippen LogP contribution in [0.3, 0.4) is 0 Å². The van der Waals surface area contributed by atoms with Gasteiger partial charge in [0.25, 0.3) is 0 Å². The predicted molar refractivity (Wildman–Crippen MR) is 113 cm³/mol. The summed E-state index contributed by atoms with van der Waals surface area (Å²) >= 11 is 0. The van der Waals surface area contributed by atoms with Gasteiger partial charge in [-0.3, -0.25) is 5.10 Å². The number of rotatable bonds is 7. The zero-order chi connectivity index (χ0) is 23.4. The number of benzene rings is 3. The van der Waals surface area contributed by atoms with Gasteiger partial charge >= 0.3 is 6.18 Å². The monoisotopic (exact) mass is 459 g/mol. The molecule has 0 spiro atoms. The van der Waals surface area contributed by atoms with E-state index in [1.807, 2.05) is 35.4 Å². The summed E-state index contributed by atoms with van der Waals surface area (Å²) in [7, 11) is 0. The Hall–Kier alpha value is -3.88. The molecule has 0 fully saturated rings. The quantitative estimate of drug-likeness (QED) is 0.316. The van der Waals surface area contributed by atoms with Gasteiger partial charge in [0.1, 0.15) is 18.1 Å². The second kappa shape index (κ2) is 9.32. The van der Waals surface area contributed by atoms with Gasteiger partial charge in [0.05, 0.1) is 0 Å². The molecule has 0 unspecified atom stereocenters. The molecular weight excluding hydrogens is 441 g/mol. The molecule has 0 aliphatic heterocycles. The van der Waals surface area contributed by atoms with Crippen LogP contribution in [-0.4, -0.2) is 10.2 Å². The maximum absolute atomic E-state index is 14.4. The van der Waals surface area contributed by atoms with E-state index >= 15 is 0 Å². The summed E-state index contributed by atoms with van der Waals surface area (Å²) in [6.45, 7) is 0.173. The molecule has 1 aromatic heterocycles. The van der Waals surface area contributed by atoms with Gasteiger partial charge in [-0.15, -0.1) is 0 Å². The number of nitrogens with zero attached hydrogens (tertiary/aromatic N) is 2. The summed E-state index contributed by atoms with van der Waals surface area (Å²) in [6, 6.07) is 19.5. The standard InChI is InChI=1S/C24H18F5N3O/c25-18-8-6-16(7-9-18)14-32(23-13-22(30-31-23)24(27,28)29)19-10-11-20(26)21(12-19)33-15-17-4-2-1-3-5-17/h1-13H,14-15H2,(H,30,31). The fraction of sp³-hybridized carbons (Fsp3) is 0.125. The summed E-state index contributed by atoms with van der Waals surface area (Å²) in [6.07, 6.45) is -4.61. The topological polar surface area (TPSA) is 41.1 Å². The minimum atomic E-state index is -4.61. The molecule has 4 aromatic rings. The van der Waals surface area contributed by atoms with E-state index in [1.54, 1.807) is 0 Å². The molecule has 0 atom stereocenters. The van der Waals surface area contributed by atoms with Crippen molar-refractivity contribution in [3.05, 3.63) is 107 Å². The lowest BCUT2D eigenvalue weighted by molar-refractivity contribution is -0.141. The highest BCUT2D eigenvalue weighted by molar-refractivity contribution is 5.62. The molecule has 1 N–H and O–H groups in total. The average molecular weight is 459 g/mol. The lowest BCUT2D eigenvalue weighted by Crippen LogP contribution is -2.17. The first-order chi connectivity index (χ1) is 15.8. The molecule has 4 rings (SSSR count). The van der Waals surface area contributed by atoms with E-state index < -0.39 is 23.5 Å². The Bertz CT molecular complexity index is 1210. The van der Waals surface area contributed by atoms with Crippen LogP contribution >= 0.6 is 0 Å². The largest absolute Gasteiger partial charge is 0.486 e. The van der Waals surface area contributed by atoms with Crippen LogP contribution in [0.1, 0.15) is 16.8 Å². The molecule has 0 amide bonds. The third-order valence-electron chi connectivity index (χ3n) is 4.86. The van der Waals surface area contributed by atoms with Gasteiger partial charge in [-0.1, -0.05) is 42.5 Å². The smallest absolute Gasteiger partial charge is 0.432 e. The van der Waals surface area contributed by atoms with Crippen molar-refractivity contribution >= 4 is 11.5 Å². The zero-order valence-electron chi connectivity index (χ0n) is 17.1. The van der Waals surface area contributed by atoms with Crippen molar-refractivity contribution in [2.45, 2.75) is 19.3 Å². The number of hydrogen-bond donors (Lipinski definition) is 1. The van der Waals surface area contributed by atoms with E-state index in [9.17, 15) is 22.0 Å². The first kappa shape index (κ1) is 22.3. The van der Waals surface area contributed by atoms with Crippen LogP contribution in [0, 0.1) is 11.6 Å². The molecule has 1 heterocycles. The highest BCUT2D eigenvalue weighted by Gasteiger charge is 2.34. The first-order valence-corrected chi connectivity index (χ1v) is 9.90. The fourth-order valence-electron chi connectivity index (χ4n) is 3.18. The van der Waals surface area contributed by atoms with E-state index in [0.717, 1.165) is 11.6 Å². The van der Waals surface area contributed by atoms with E-state index in [1.165, 1.54) is 47.4 Å². The molecular formula is C24H18F5N3O. The van der Waals surface area contributed by atoms with Crippen LogP contribution < -0.4 is 9.64 Å². The Morgan fingerprint density at radius 2 is 1.58 bits per heavy atom. The van der Waals surface area contributed by atoms with Crippen molar-refractivity contribution in [1.82, 2.24) is 10.2 Å². The number of alkyl halides is 3. The SMILES string of the molecule is Fc1ccc(CN(c2ccc(F)c(OCc3ccccc3)c2)c2cc(C(F)(F)F)[nH]n2)cc1. The maximum Gasteiger partial charge on any atom is 0.432 e.